The Hall–Kier alpha value is -2.18. The highest BCUT2D eigenvalue weighted by Crippen LogP contribution is 2.08. The number of carboxylic acids is 1. The van der Waals surface area contributed by atoms with Crippen molar-refractivity contribution in [3.8, 4) is 0 Å². The normalized spacial score (nSPS) is 12.0. The summed E-state index contributed by atoms with van der Waals surface area (Å²) < 4.78 is 25.7. The van der Waals surface area contributed by atoms with Crippen LogP contribution in [0, 0.1) is 17.6 Å². The third-order valence-corrected chi connectivity index (χ3v) is 2.75. The first-order chi connectivity index (χ1) is 9.79. The quantitative estimate of drug-likeness (QED) is 0.754. The van der Waals surface area contributed by atoms with Gasteiger partial charge in [-0.25, -0.2) is 18.4 Å². The van der Waals surface area contributed by atoms with Crippen LogP contribution in [0.1, 0.15) is 25.8 Å². The molecular weight excluding hydrogens is 282 g/mol. The van der Waals surface area contributed by atoms with Crippen molar-refractivity contribution in [3.63, 3.8) is 0 Å². The maximum Gasteiger partial charge on any atom is 0.326 e. The van der Waals surface area contributed by atoms with Gasteiger partial charge >= 0.3 is 12.0 Å². The molecule has 0 bridgehead atoms. The summed E-state index contributed by atoms with van der Waals surface area (Å²) in [5, 5.41) is 13.7. The maximum atomic E-state index is 13.0. The molecule has 1 rings (SSSR count). The first-order valence-electron chi connectivity index (χ1n) is 6.50. The predicted molar refractivity (Wildman–Crippen MR) is 72.6 cm³/mol. The van der Waals surface area contributed by atoms with Crippen LogP contribution in [0.5, 0.6) is 0 Å². The lowest BCUT2D eigenvalue weighted by atomic mass is 10.0. The SMILES string of the molecule is CC(C)C[C@@H](NC(=O)NCc1ccc(F)c(F)c1)C(=O)O. The number of aliphatic carboxylic acids is 1. The Morgan fingerprint density at radius 3 is 2.43 bits per heavy atom. The summed E-state index contributed by atoms with van der Waals surface area (Å²) in [5.74, 6) is -2.98. The number of hydrogen-bond donors (Lipinski definition) is 3. The fourth-order valence-electron chi connectivity index (χ4n) is 1.73. The van der Waals surface area contributed by atoms with Gasteiger partial charge in [0, 0.05) is 6.54 Å². The topological polar surface area (TPSA) is 78.4 Å². The third kappa shape index (κ3) is 5.76. The molecule has 0 fully saturated rings. The van der Waals surface area contributed by atoms with Crippen molar-refractivity contribution in [2.45, 2.75) is 32.9 Å². The van der Waals surface area contributed by atoms with E-state index in [1.54, 1.807) is 0 Å². The number of nitrogens with one attached hydrogen (secondary N) is 2. The van der Waals surface area contributed by atoms with Crippen LogP contribution >= 0.6 is 0 Å². The first-order valence-corrected chi connectivity index (χ1v) is 6.50. The molecule has 116 valence electrons. The molecule has 3 N–H and O–H groups in total. The summed E-state index contributed by atoms with van der Waals surface area (Å²) in [4.78, 5) is 22.6. The molecule has 0 spiro atoms. The predicted octanol–water partition coefficient (Wildman–Crippen LogP) is 2.26. The van der Waals surface area contributed by atoms with Crippen LogP contribution in [0.4, 0.5) is 13.6 Å². The number of urea groups is 1. The number of amides is 2. The van der Waals surface area contributed by atoms with Crippen molar-refractivity contribution in [1.82, 2.24) is 10.6 Å². The van der Waals surface area contributed by atoms with Gasteiger partial charge in [-0.05, 0) is 30.0 Å². The zero-order valence-corrected chi connectivity index (χ0v) is 11.8. The van der Waals surface area contributed by atoms with E-state index in [0.717, 1.165) is 12.1 Å². The summed E-state index contributed by atoms with van der Waals surface area (Å²) in [5.41, 5.74) is 0.375. The van der Waals surface area contributed by atoms with E-state index in [0.29, 0.717) is 12.0 Å². The van der Waals surface area contributed by atoms with Gasteiger partial charge in [0.15, 0.2) is 11.6 Å². The molecule has 0 saturated carbocycles. The monoisotopic (exact) mass is 300 g/mol. The molecular formula is C14H18F2N2O3. The molecule has 0 unspecified atom stereocenters. The second-order valence-corrected chi connectivity index (χ2v) is 5.10. The summed E-state index contributed by atoms with van der Waals surface area (Å²) >= 11 is 0. The van der Waals surface area contributed by atoms with Crippen molar-refractivity contribution in [2.24, 2.45) is 5.92 Å². The molecule has 5 nitrogen and oxygen atoms in total. The van der Waals surface area contributed by atoms with Crippen molar-refractivity contribution >= 4 is 12.0 Å². The molecule has 0 radical (unpaired) electrons. The molecule has 2 amide bonds. The van der Waals surface area contributed by atoms with E-state index in [1.807, 2.05) is 13.8 Å². The van der Waals surface area contributed by atoms with Gasteiger partial charge < -0.3 is 15.7 Å². The minimum atomic E-state index is -1.12. The molecule has 0 aliphatic heterocycles. The van der Waals surface area contributed by atoms with E-state index in [2.05, 4.69) is 10.6 Å². The highest BCUT2D eigenvalue weighted by Gasteiger charge is 2.20. The average Bonchev–Trinajstić information content (AvgIpc) is 2.38. The maximum absolute atomic E-state index is 13.0. The molecule has 7 heteroatoms. The van der Waals surface area contributed by atoms with Crippen LogP contribution in [0.15, 0.2) is 18.2 Å². The standard InChI is InChI=1S/C14H18F2N2O3/c1-8(2)5-12(13(19)20)18-14(21)17-7-9-3-4-10(15)11(16)6-9/h3-4,6,8,12H,5,7H2,1-2H3,(H,19,20)(H2,17,18,21)/t12-/m1/s1. The minimum Gasteiger partial charge on any atom is -0.480 e. The minimum absolute atomic E-state index is 0.0307. The lowest BCUT2D eigenvalue weighted by Crippen LogP contribution is -2.46. The van der Waals surface area contributed by atoms with Gasteiger partial charge in [-0.15, -0.1) is 0 Å². The van der Waals surface area contributed by atoms with Crippen molar-refractivity contribution in [3.05, 3.63) is 35.4 Å². The molecule has 0 aliphatic rings. The lowest BCUT2D eigenvalue weighted by Gasteiger charge is -2.17. The van der Waals surface area contributed by atoms with Crippen LogP contribution < -0.4 is 10.6 Å². The second kappa shape index (κ2) is 7.56. The van der Waals surface area contributed by atoms with Crippen LogP contribution in [0.25, 0.3) is 0 Å². The van der Waals surface area contributed by atoms with Gasteiger partial charge in [0.05, 0.1) is 0 Å². The summed E-state index contributed by atoms with van der Waals surface area (Å²) in [6.07, 6.45) is 0.300. The first kappa shape index (κ1) is 16.9. The van der Waals surface area contributed by atoms with Gasteiger partial charge in [-0.3, -0.25) is 0 Å². The molecule has 1 aromatic rings. The van der Waals surface area contributed by atoms with Crippen LogP contribution in [-0.2, 0) is 11.3 Å². The number of carboxylic acid groups (broad SMARTS) is 1. The molecule has 0 saturated heterocycles. The zero-order valence-electron chi connectivity index (χ0n) is 11.8. The molecule has 1 atom stereocenters. The molecule has 0 heterocycles. The molecule has 1 aromatic carbocycles. The van der Waals surface area contributed by atoms with E-state index >= 15 is 0 Å². The van der Waals surface area contributed by atoms with E-state index < -0.39 is 29.7 Å². The highest BCUT2D eigenvalue weighted by atomic mass is 19.2. The Morgan fingerprint density at radius 1 is 1.24 bits per heavy atom. The second-order valence-electron chi connectivity index (χ2n) is 5.10. The van der Waals surface area contributed by atoms with E-state index in [-0.39, 0.29) is 12.5 Å². The van der Waals surface area contributed by atoms with E-state index in [9.17, 15) is 18.4 Å². The number of benzene rings is 1. The van der Waals surface area contributed by atoms with Crippen LogP contribution in [0.3, 0.4) is 0 Å². The van der Waals surface area contributed by atoms with Gasteiger partial charge in [0.2, 0.25) is 0 Å². The largest absolute Gasteiger partial charge is 0.480 e. The fourth-order valence-corrected chi connectivity index (χ4v) is 1.73. The van der Waals surface area contributed by atoms with Gasteiger partial charge in [-0.2, -0.15) is 0 Å². The Balaban J connectivity index is 2.52. The summed E-state index contributed by atoms with van der Waals surface area (Å²) in [6.45, 7) is 3.66. The number of hydrogen-bond acceptors (Lipinski definition) is 2. The third-order valence-electron chi connectivity index (χ3n) is 2.75. The van der Waals surface area contributed by atoms with Crippen molar-refractivity contribution in [2.75, 3.05) is 0 Å². The highest BCUT2D eigenvalue weighted by molar-refractivity contribution is 5.82. The Kier molecular flexibility index (Phi) is 6.08. The molecule has 0 aliphatic carbocycles. The molecule has 21 heavy (non-hydrogen) atoms. The number of carbonyl (C=O) groups excluding carboxylic acids is 1. The average molecular weight is 300 g/mol. The lowest BCUT2D eigenvalue weighted by molar-refractivity contribution is -0.139. The fraction of sp³-hybridized carbons (Fsp3) is 0.429. The van der Waals surface area contributed by atoms with Crippen LogP contribution in [0.2, 0.25) is 0 Å². The number of halogens is 2. The Morgan fingerprint density at radius 2 is 1.90 bits per heavy atom. The van der Waals surface area contributed by atoms with Crippen molar-refractivity contribution < 1.29 is 23.5 Å². The van der Waals surface area contributed by atoms with E-state index in [4.69, 9.17) is 5.11 Å². The van der Waals surface area contributed by atoms with Crippen molar-refractivity contribution in [1.29, 1.82) is 0 Å². The number of rotatable bonds is 6. The van der Waals surface area contributed by atoms with Gasteiger partial charge in [0.25, 0.3) is 0 Å². The summed E-state index contributed by atoms with van der Waals surface area (Å²) in [7, 11) is 0. The molecule has 0 aromatic heterocycles. The zero-order chi connectivity index (χ0) is 16.0. The van der Waals surface area contributed by atoms with Gasteiger partial charge in [0.1, 0.15) is 6.04 Å². The Labute approximate surface area is 121 Å². The number of carbonyl (C=O) groups is 2. The smallest absolute Gasteiger partial charge is 0.326 e. The van der Waals surface area contributed by atoms with Gasteiger partial charge in [-0.1, -0.05) is 19.9 Å². The van der Waals surface area contributed by atoms with Crippen LogP contribution in [-0.4, -0.2) is 23.1 Å². The van der Waals surface area contributed by atoms with E-state index in [1.165, 1.54) is 6.07 Å². The summed E-state index contributed by atoms with van der Waals surface area (Å²) in [6, 6.07) is 1.60. The Bertz CT molecular complexity index is 521.